The minimum atomic E-state index is 0.707. The number of benzene rings is 1. The first-order valence-corrected chi connectivity index (χ1v) is 8.59. The fourth-order valence-electron chi connectivity index (χ4n) is 2.30. The second-order valence-electron chi connectivity index (χ2n) is 5.74. The number of hydrogen-bond donors (Lipinski definition) is 1. The Morgan fingerprint density at radius 3 is 2.43 bits per heavy atom. The molecule has 0 spiro atoms. The number of nitrogens with one attached hydrogen (secondary N) is 1. The van der Waals surface area contributed by atoms with Gasteiger partial charge in [-0.05, 0) is 43.7 Å². The maximum Gasteiger partial charge on any atom is 0.0522 e. The molecule has 0 bridgehead atoms. The van der Waals surface area contributed by atoms with Gasteiger partial charge in [-0.3, -0.25) is 0 Å². The monoisotopic (exact) mass is 302 g/mol. The van der Waals surface area contributed by atoms with Crippen molar-refractivity contribution in [1.82, 2.24) is 5.32 Å². The van der Waals surface area contributed by atoms with Crippen molar-refractivity contribution in [3.05, 3.63) is 52.2 Å². The lowest BCUT2D eigenvalue weighted by Gasteiger charge is -2.22. The lowest BCUT2D eigenvalue weighted by atomic mass is 10.2. The normalized spacial score (nSPS) is 11.0. The van der Waals surface area contributed by atoms with Crippen LogP contribution in [0.5, 0.6) is 0 Å². The number of para-hydroxylation sites is 1. The molecule has 0 unspecified atom stereocenters. The van der Waals surface area contributed by atoms with E-state index in [1.54, 1.807) is 0 Å². The summed E-state index contributed by atoms with van der Waals surface area (Å²) in [5.41, 5.74) is 1.30. The van der Waals surface area contributed by atoms with E-state index in [0.29, 0.717) is 5.92 Å². The number of nitrogens with zero attached hydrogens (tertiary/aromatic N) is 1. The highest BCUT2D eigenvalue weighted by atomic mass is 32.1. The van der Waals surface area contributed by atoms with E-state index in [9.17, 15) is 0 Å². The molecule has 0 fully saturated rings. The van der Waals surface area contributed by atoms with Gasteiger partial charge in [-0.25, -0.2) is 0 Å². The molecule has 1 N–H and O–H groups in total. The molecule has 0 radical (unpaired) electrons. The number of hydrogen-bond acceptors (Lipinski definition) is 3. The maximum atomic E-state index is 3.51. The van der Waals surface area contributed by atoms with E-state index in [4.69, 9.17) is 0 Å². The first-order chi connectivity index (χ1) is 10.2. The first-order valence-electron chi connectivity index (χ1n) is 7.77. The van der Waals surface area contributed by atoms with Gasteiger partial charge in [0, 0.05) is 28.5 Å². The van der Waals surface area contributed by atoms with Crippen molar-refractivity contribution in [3.63, 3.8) is 0 Å². The fraction of sp³-hybridized carbons (Fsp3) is 0.444. The Morgan fingerprint density at radius 2 is 1.76 bits per heavy atom. The molecule has 0 atom stereocenters. The van der Waals surface area contributed by atoms with Crippen LogP contribution >= 0.6 is 11.3 Å². The standard InChI is InChI=1S/C18H26N2S/c1-4-20(16-8-6-5-7-9-16)14-18-11-10-17(21-18)13-19-12-15(2)3/h5-11,15,19H,4,12-14H2,1-3H3. The maximum absolute atomic E-state index is 3.51. The van der Waals surface area contributed by atoms with Crippen molar-refractivity contribution >= 4 is 17.0 Å². The smallest absolute Gasteiger partial charge is 0.0522 e. The summed E-state index contributed by atoms with van der Waals surface area (Å²) in [6, 6.07) is 15.2. The number of rotatable bonds is 8. The van der Waals surface area contributed by atoms with Gasteiger partial charge >= 0.3 is 0 Å². The molecule has 0 aliphatic heterocycles. The zero-order chi connectivity index (χ0) is 15.1. The zero-order valence-electron chi connectivity index (χ0n) is 13.3. The van der Waals surface area contributed by atoms with Crippen LogP contribution in [-0.4, -0.2) is 13.1 Å². The highest BCUT2D eigenvalue weighted by Crippen LogP contribution is 2.22. The third-order valence-corrected chi connectivity index (χ3v) is 4.49. The summed E-state index contributed by atoms with van der Waals surface area (Å²) < 4.78 is 0. The lowest BCUT2D eigenvalue weighted by molar-refractivity contribution is 0.555. The van der Waals surface area contributed by atoms with E-state index in [0.717, 1.165) is 26.2 Å². The Kier molecular flexibility index (Phi) is 6.27. The van der Waals surface area contributed by atoms with Crippen molar-refractivity contribution in [1.29, 1.82) is 0 Å². The summed E-state index contributed by atoms with van der Waals surface area (Å²) >= 11 is 1.92. The van der Waals surface area contributed by atoms with E-state index in [-0.39, 0.29) is 0 Å². The molecule has 0 aliphatic rings. The van der Waals surface area contributed by atoms with Gasteiger partial charge in [0.2, 0.25) is 0 Å². The molecule has 2 aromatic rings. The van der Waals surface area contributed by atoms with Crippen molar-refractivity contribution < 1.29 is 0 Å². The van der Waals surface area contributed by atoms with Crippen molar-refractivity contribution in [2.45, 2.75) is 33.9 Å². The summed E-state index contributed by atoms with van der Waals surface area (Å²) in [6.07, 6.45) is 0. The first kappa shape index (κ1) is 16.1. The molecule has 1 aromatic carbocycles. The fourth-order valence-corrected chi connectivity index (χ4v) is 3.30. The molecule has 3 heteroatoms. The van der Waals surface area contributed by atoms with Crippen LogP contribution in [0.2, 0.25) is 0 Å². The van der Waals surface area contributed by atoms with Gasteiger partial charge in [0.15, 0.2) is 0 Å². The summed E-state index contributed by atoms with van der Waals surface area (Å²) in [7, 11) is 0. The summed E-state index contributed by atoms with van der Waals surface area (Å²) in [4.78, 5) is 5.27. The average molecular weight is 302 g/mol. The van der Waals surface area contributed by atoms with Crippen LogP contribution in [0.1, 0.15) is 30.5 Å². The second-order valence-corrected chi connectivity index (χ2v) is 7.00. The Labute approximate surface area is 132 Å². The van der Waals surface area contributed by atoms with Crippen LogP contribution in [0, 0.1) is 5.92 Å². The predicted molar refractivity (Wildman–Crippen MR) is 94.0 cm³/mol. The van der Waals surface area contributed by atoms with Gasteiger partial charge < -0.3 is 10.2 Å². The number of thiophene rings is 1. The highest BCUT2D eigenvalue weighted by Gasteiger charge is 2.07. The molecular formula is C18H26N2S. The largest absolute Gasteiger partial charge is 0.367 e. The van der Waals surface area contributed by atoms with E-state index < -0.39 is 0 Å². The minimum Gasteiger partial charge on any atom is -0.367 e. The molecule has 2 rings (SSSR count). The van der Waals surface area contributed by atoms with Crippen molar-refractivity contribution in [3.8, 4) is 0 Å². The Balaban J connectivity index is 1.91. The molecule has 0 amide bonds. The predicted octanol–water partition coefficient (Wildman–Crippen LogP) is 4.52. The molecule has 0 saturated carbocycles. The highest BCUT2D eigenvalue weighted by molar-refractivity contribution is 7.12. The molecule has 0 saturated heterocycles. The van der Waals surface area contributed by atoms with Crippen LogP contribution < -0.4 is 10.2 Å². The average Bonchev–Trinajstić information content (AvgIpc) is 2.93. The Bertz CT molecular complexity index is 519. The van der Waals surface area contributed by atoms with Gasteiger partial charge in [0.1, 0.15) is 0 Å². The minimum absolute atomic E-state index is 0.707. The topological polar surface area (TPSA) is 15.3 Å². The Hall–Kier alpha value is -1.32. The second kappa shape index (κ2) is 8.20. The molecule has 21 heavy (non-hydrogen) atoms. The molecule has 1 aromatic heterocycles. The summed E-state index contributed by atoms with van der Waals surface area (Å²) in [6.45, 7) is 10.8. The molecule has 2 nitrogen and oxygen atoms in total. The van der Waals surface area contributed by atoms with Gasteiger partial charge in [-0.15, -0.1) is 11.3 Å². The molecule has 1 heterocycles. The van der Waals surface area contributed by atoms with Crippen molar-refractivity contribution in [2.75, 3.05) is 18.0 Å². The third-order valence-electron chi connectivity index (χ3n) is 3.42. The van der Waals surface area contributed by atoms with Crippen LogP contribution in [0.4, 0.5) is 5.69 Å². The van der Waals surface area contributed by atoms with E-state index >= 15 is 0 Å². The van der Waals surface area contributed by atoms with Crippen LogP contribution in [-0.2, 0) is 13.1 Å². The van der Waals surface area contributed by atoms with Crippen molar-refractivity contribution in [2.24, 2.45) is 5.92 Å². The van der Waals surface area contributed by atoms with E-state index in [1.807, 2.05) is 11.3 Å². The zero-order valence-corrected chi connectivity index (χ0v) is 14.1. The van der Waals surface area contributed by atoms with Crippen LogP contribution in [0.25, 0.3) is 0 Å². The van der Waals surface area contributed by atoms with E-state index in [2.05, 4.69) is 73.5 Å². The SMILES string of the molecule is CCN(Cc1ccc(CNCC(C)C)s1)c1ccccc1. The Morgan fingerprint density at radius 1 is 1.05 bits per heavy atom. The van der Waals surface area contributed by atoms with Gasteiger partial charge in [0.05, 0.1) is 6.54 Å². The quantitative estimate of drug-likeness (QED) is 0.771. The van der Waals surface area contributed by atoms with Crippen LogP contribution in [0.15, 0.2) is 42.5 Å². The van der Waals surface area contributed by atoms with Gasteiger partial charge in [-0.1, -0.05) is 32.0 Å². The molecular weight excluding hydrogens is 276 g/mol. The van der Waals surface area contributed by atoms with Gasteiger partial charge in [-0.2, -0.15) is 0 Å². The lowest BCUT2D eigenvalue weighted by Crippen LogP contribution is -2.21. The molecule has 114 valence electrons. The van der Waals surface area contributed by atoms with Gasteiger partial charge in [0.25, 0.3) is 0 Å². The molecule has 0 aliphatic carbocycles. The third kappa shape index (κ3) is 5.18. The van der Waals surface area contributed by atoms with E-state index in [1.165, 1.54) is 15.4 Å². The summed E-state index contributed by atoms with van der Waals surface area (Å²) in [5.74, 6) is 0.707. The number of anilines is 1. The van der Waals surface area contributed by atoms with Crippen LogP contribution in [0.3, 0.4) is 0 Å². The summed E-state index contributed by atoms with van der Waals surface area (Å²) in [5, 5.41) is 3.51.